The Morgan fingerprint density at radius 2 is 2.46 bits per heavy atom. The van der Waals surface area contributed by atoms with Crippen molar-refractivity contribution in [3.8, 4) is 0 Å². The van der Waals surface area contributed by atoms with Crippen LogP contribution in [-0.4, -0.2) is 18.1 Å². The highest BCUT2D eigenvalue weighted by Gasteiger charge is 2.23. The van der Waals surface area contributed by atoms with Gasteiger partial charge in [0.05, 0.1) is 11.6 Å². The molecule has 0 N–H and O–H groups in total. The molecule has 2 rings (SSSR count). The van der Waals surface area contributed by atoms with Crippen molar-refractivity contribution in [3.63, 3.8) is 0 Å². The molecule has 0 radical (unpaired) electrons. The lowest BCUT2D eigenvalue weighted by Crippen LogP contribution is -2.36. The van der Waals surface area contributed by atoms with E-state index in [0.29, 0.717) is 11.9 Å². The maximum Gasteiger partial charge on any atom is 0.185 e. The molecule has 0 atom stereocenters. The van der Waals surface area contributed by atoms with E-state index < -0.39 is 0 Å². The molecule has 0 spiro atoms. The molecule has 1 fully saturated rings. The third-order valence-corrected chi connectivity index (χ3v) is 3.85. The highest BCUT2D eigenvalue weighted by Crippen LogP contribution is 2.30. The highest BCUT2D eigenvalue weighted by atomic mass is 35.5. The topological polar surface area (TPSA) is 16.1 Å². The Kier molecular flexibility index (Phi) is 2.74. The molecule has 1 aliphatic rings. The van der Waals surface area contributed by atoms with Crippen LogP contribution in [0.25, 0.3) is 0 Å². The van der Waals surface area contributed by atoms with Crippen molar-refractivity contribution < 1.29 is 0 Å². The van der Waals surface area contributed by atoms with Crippen molar-refractivity contribution in [1.82, 2.24) is 4.98 Å². The normalized spacial score (nSPS) is 17.1. The molecule has 0 amide bonds. The molecule has 0 saturated heterocycles. The second-order valence-corrected chi connectivity index (χ2v) is 4.55. The Balaban J connectivity index is 2.05. The van der Waals surface area contributed by atoms with Crippen LogP contribution < -0.4 is 4.90 Å². The Labute approximate surface area is 87.5 Å². The van der Waals surface area contributed by atoms with Crippen LogP contribution in [0.5, 0.6) is 0 Å². The van der Waals surface area contributed by atoms with E-state index in [4.69, 9.17) is 11.6 Å². The summed E-state index contributed by atoms with van der Waals surface area (Å²) >= 11 is 7.39. The molecule has 1 saturated carbocycles. The summed E-state index contributed by atoms with van der Waals surface area (Å²) in [7, 11) is 2.13. The second kappa shape index (κ2) is 3.84. The molecule has 2 nitrogen and oxygen atoms in total. The molecule has 1 heterocycles. The van der Waals surface area contributed by atoms with E-state index in [0.717, 1.165) is 10.8 Å². The first-order valence-corrected chi connectivity index (χ1v) is 5.96. The number of rotatable bonds is 3. The van der Waals surface area contributed by atoms with E-state index in [1.165, 1.54) is 19.3 Å². The predicted molar refractivity (Wildman–Crippen MR) is 57.7 cm³/mol. The smallest absolute Gasteiger partial charge is 0.185 e. The summed E-state index contributed by atoms with van der Waals surface area (Å²) in [6.07, 6.45) is 3.99. The summed E-state index contributed by atoms with van der Waals surface area (Å²) in [5.74, 6) is 0.523. The van der Waals surface area contributed by atoms with E-state index >= 15 is 0 Å². The first-order valence-electron chi connectivity index (χ1n) is 4.54. The maximum atomic E-state index is 5.70. The first-order chi connectivity index (χ1) is 6.31. The molecule has 0 bridgehead atoms. The first kappa shape index (κ1) is 9.28. The fraction of sp³-hybridized carbons (Fsp3) is 0.667. The van der Waals surface area contributed by atoms with Crippen molar-refractivity contribution in [2.24, 2.45) is 0 Å². The molecule has 0 aromatic carbocycles. The molecule has 1 aromatic heterocycles. The van der Waals surface area contributed by atoms with Gasteiger partial charge in [-0.3, -0.25) is 0 Å². The number of alkyl halides is 1. The van der Waals surface area contributed by atoms with E-state index in [2.05, 4.69) is 16.9 Å². The predicted octanol–water partition coefficient (Wildman–Crippen LogP) is 2.87. The van der Waals surface area contributed by atoms with Gasteiger partial charge in [0.15, 0.2) is 5.13 Å². The maximum absolute atomic E-state index is 5.70. The van der Waals surface area contributed by atoms with Crippen LogP contribution in [0.2, 0.25) is 0 Å². The van der Waals surface area contributed by atoms with Crippen LogP contribution in [-0.2, 0) is 5.88 Å². The van der Waals surface area contributed by atoms with Crippen molar-refractivity contribution in [2.75, 3.05) is 11.9 Å². The zero-order valence-corrected chi connectivity index (χ0v) is 9.24. The number of aromatic nitrogens is 1. The minimum Gasteiger partial charge on any atom is -0.348 e. The largest absolute Gasteiger partial charge is 0.348 e. The van der Waals surface area contributed by atoms with E-state index in [9.17, 15) is 0 Å². The van der Waals surface area contributed by atoms with E-state index in [1.54, 1.807) is 11.3 Å². The molecule has 1 aromatic rings. The minimum atomic E-state index is 0.523. The van der Waals surface area contributed by atoms with E-state index in [-0.39, 0.29) is 0 Å². The van der Waals surface area contributed by atoms with Gasteiger partial charge < -0.3 is 4.90 Å². The fourth-order valence-electron chi connectivity index (χ4n) is 1.45. The lowest BCUT2D eigenvalue weighted by molar-refractivity contribution is 0.401. The molecule has 0 unspecified atom stereocenters. The molecular weight excluding hydrogens is 204 g/mol. The molecular formula is C9H13ClN2S. The third-order valence-electron chi connectivity index (χ3n) is 2.60. The number of thiazole rings is 1. The van der Waals surface area contributed by atoms with Crippen LogP contribution >= 0.6 is 22.9 Å². The molecule has 0 aliphatic heterocycles. The van der Waals surface area contributed by atoms with Gasteiger partial charge in [-0.25, -0.2) is 4.98 Å². The van der Waals surface area contributed by atoms with E-state index in [1.807, 2.05) is 5.38 Å². The standard InChI is InChI=1S/C9H13ClN2S/c1-12(8-3-2-4-8)9-11-7(5-10)6-13-9/h6,8H,2-5H2,1H3. The van der Waals surface area contributed by atoms with Gasteiger partial charge in [0.1, 0.15) is 0 Å². The zero-order valence-electron chi connectivity index (χ0n) is 7.66. The summed E-state index contributed by atoms with van der Waals surface area (Å²) in [4.78, 5) is 6.73. The monoisotopic (exact) mass is 216 g/mol. The Bertz CT molecular complexity index is 283. The Hall–Kier alpha value is -0.280. The summed E-state index contributed by atoms with van der Waals surface area (Å²) in [6.45, 7) is 0. The SMILES string of the molecule is CN(c1nc(CCl)cs1)C1CCC1. The summed E-state index contributed by atoms with van der Waals surface area (Å²) in [5, 5.41) is 3.15. The minimum absolute atomic E-state index is 0.523. The number of hydrogen-bond donors (Lipinski definition) is 0. The quantitative estimate of drug-likeness (QED) is 0.723. The second-order valence-electron chi connectivity index (χ2n) is 3.45. The summed E-state index contributed by atoms with van der Waals surface area (Å²) < 4.78 is 0. The number of nitrogens with zero attached hydrogens (tertiary/aromatic N) is 2. The lowest BCUT2D eigenvalue weighted by atomic mass is 9.92. The van der Waals surface area contributed by atoms with Gasteiger partial charge in [0.2, 0.25) is 0 Å². The summed E-state index contributed by atoms with van der Waals surface area (Å²) in [6, 6.07) is 0.717. The Morgan fingerprint density at radius 1 is 1.69 bits per heavy atom. The van der Waals surface area contributed by atoms with Gasteiger partial charge in [-0.2, -0.15) is 0 Å². The molecule has 13 heavy (non-hydrogen) atoms. The van der Waals surface area contributed by atoms with Crippen molar-refractivity contribution in [1.29, 1.82) is 0 Å². The van der Waals surface area contributed by atoms with Gasteiger partial charge in [0.25, 0.3) is 0 Å². The molecule has 1 aliphatic carbocycles. The lowest BCUT2D eigenvalue weighted by Gasteiger charge is -2.34. The van der Waals surface area contributed by atoms with Gasteiger partial charge in [-0.05, 0) is 19.3 Å². The fourth-order valence-corrected chi connectivity index (χ4v) is 2.54. The average molecular weight is 217 g/mol. The molecule has 4 heteroatoms. The van der Waals surface area contributed by atoms with Crippen LogP contribution in [0.3, 0.4) is 0 Å². The third kappa shape index (κ3) is 1.81. The highest BCUT2D eigenvalue weighted by molar-refractivity contribution is 7.13. The van der Waals surface area contributed by atoms with Crippen molar-refractivity contribution >= 4 is 28.1 Å². The number of anilines is 1. The van der Waals surface area contributed by atoms with Gasteiger partial charge in [0, 0.05) is 18.5 Å². The Morgan fingerprint density at radius 3 is 2.92 bits per heavy atom. The van der Waals surface area contributed by atoms with Gasteiger partial charge in [-0.15, -0.1) is 22.9 Å². The number of hydrogen-bond acceptors (Lipinski definition) is 3. The average Bonchev–Trinajstić information content (AvgIpc) is 2.48. The number of halogens is 1. The van der Waals surface area contributed by atoms with Gasteiger partial charge >= 0.3 is 0 Å². The molecule has 72 valence electrons. The zero-order chi connectivity index (χ0) is 9.26. The van der Waals surface area contributed by atoms with Crippen molar-refractivity contribution in [2.45, 2.75) is 31.2 Å². The van der Waals surface area contributed by atoms with Crippen LogP contribution in [0, 0.1) is 0 Å². The summed E-state index contributed by atoms with van der Waals surface area (Å²) in [5.41, 5.74) is 0.993. The van der Waals surface area contributed by atoms with Crippen LogP contribution in [0.1, 0.15) is 25.0 Å². The van der Waals surface area contributed by atoms with Crippen molar-refractivity contribution in [3.05, 3.63) is 11.1 Å². The van der Waals surface area contributed by atoms with Crippen LogP contribution in [0.15, 0.2) is 5.38 Å². The van der Waals surface area contributed by atoms with Gasteiger partial charge in [-0.1, -0.05) is 0 Å². The van der Waals surface area contributed by atoms with Crippen LogP contribution in [0.4, 0.5) is 5.13 Å².